The molecule has 0 aromatic carbocycles. The van der Waals surface area contributed by atoms with Crippen LogP contribution in [0.1, 0.15) is 6.92 Å². The number of ether oxygens (including phenoxy) is 3. The second-order valence-corrected chi connectivity index (χ2v) is 9.40. The van der Waals surface area contributed by atoms with Gasteiger partial charge < -0.3 is 18.6 Å². The Balaban J connectivity index is 0.000000168. The van der Waals surface area contributed by atoms with Crippen LogP contribution in [0.4, 0.5) is 0 Å². The van der Waals surface area contributed by atoms with E-state index in [4.69, 9.17) is 18.6 Å². The van der Waals surface area contributed by atoms with Crippen LogP contribution in [0.2, 0.25) is 19.1 Å². The lowest BCUT2D eigenvalue weighted by Crippen LogP contribution is -2.26. The summed E-state index contributed by atoms with van der Waals surface area (Å²) < 4.78 is 20.3. The third-order valence-electron chi connectivity index (χ3n) is 2.82. The first-order chi connectivity index (χ1) is 7.57. The fraction of sp³-hybridized carbons (Fsp3) is 1.00. The summed E-state index contributed by atoms with van der Waals surface area (Å²) in [6.45, 7) is 9.87. The van der Waals surface area contributed by atoms with Crippen molar-refractivity contribution < 1.29 is 18.6 Å². The van der Waals surface area contributed by atoms with Crippen LogP contribution in [-0.2, 0) is 18.6 Å². The van der Waals surface area contributed by atoms with Gasteiger partial charge in [-0.05, 0) is 19.1 Å². The molecular formula is C11H24O4Si. The van der Waals surface area contributed by atoms with Crippen LogP contribution < -0.4 is 0 Å². The molecule has 0 spiro atoms. The summed E-state index contributed by atoms with van der Waals surface area (Å²) >= 11 is 0. The predicted molar refractivity (Wildman–Crippen MR) is 65.3 cm³/mol. The third-order valence-corrected chi connectivity index (χ3v) is 5.62. The Morgan fingerprint density at radius 1 is 1.12 bits per heavy atom. The Bertz CT molecular complexity index is 172. The Morgan fingerprint density at radius 2 is 1.56 bits per heavy atom. The van der Waals surface area contributed by atoms with Gasteiger partial charge in [0.2, 0.25) is 0 Å². The fourth-order valence-electron chi connectivity index (χ4n) is 0.804. The minimum atomic E-state index is -1.15. The largest absolute Gasteiger partial charge is 0.420 e. The number of hydrogen-bond donors (Lipinski definition) is 0. The molecule has 5 heteroatoms. The maximum atomic E-state index is 5.23. The molecule has 16 heavy (non-hydrogen) atoms. The molecule has 0 radical (unpaired) electrons. The second kappa shape index (κ2) is 6.71. The lowest BCUT2D eigenvalue weighted by Gasteiger charge is -2.15. The van der Waals surface area contributed by atoms with Gasteiger partial charge in [0, 0.05) is 7.11 Å². The van der Waals surface area contributed by atoms with Crippen LogP contribution >= 0.6 is 0 Å². The summed E-state index contributed by atoms with van der Waals surface area (Å²) in [6.07, 6.45) is 0.785. The highest BCUT2D eigenvalue weighted by atomic mass is 28.4. The molecule has 0 bridgehead atoms. The molecule has 2 aliphatic rings. The molecule has 96 valence electrons. The third kappa shape index (κ3) is 7.35. The van der Waals surface area contributed by atoms with E-state index in [0.717, 1.165) is 26.4 Å². The highest BCUT2D eigenvalue weighted by Gasteiger charge is 2.26. The van der Waals surface area contributed by atoms with Gasteiger partial charge >= 0.3 is 0 Å². The maximum Gasteiger partial charge on any atom is 0.185 e. The monoisotopic (exact) mass is 248 g/mol. The molecule has 0 saturated carbocycles. The number of hydrogen-bond acceptors (Lipinski definition) is 4. The van der Waals surface area contributed by atoms with Gasteiger partial charge in [-0.3, -0.25) is 0 Å². The minimum Gasteiger partial charge on any atom is -0.420 e. The van der Waals surface area contributed by atoms with Gasteiger partial charge in [-0.15, -0.1) is 0 Å². The molecule has 2 aliphatic heterocycles. The molecule has 2 atom stereocenters. The van der Waals surface area contributed by atoms with E-state index in [1.165, 1.54) is 6.04 Å². The van der Waals surface area contributed by atoms with Crippen molar-refractivity contribution in [1.29, 1.82) is 0 Å². The van der Waals surface area contributed by atoms with Crippen LogP contribution in [0.25, 0.3) is 0 Å². The van der Waals surface area contributed by atoms with E-state index in [9.17, 15) is 0 Å². The van der Waals surface area contributed by atoms with Crippen LogP contribution in [0, 0.1) is 0 Å². The van der Waals surface area contributed by atoms with E-state index in [1.54, 1.807) is 7.11 Å². The highest BCUT2D eigenvalue weighted by molar-refractivity contribution is 6.70. The van der Waals surface area contributed by atoms with Gasteiger partial charge in [0.15, 0.2) is 8.32 Å². The van der Waals surface area contributed by atoms with Crippen molar-refractivity contribution in [3.8, 4) is 0 Å². The molecule has 0 aromatic heterocycles. The van der Waals surface area contributed by atoms with Gasteiger partial charge in [-0.25, -0.2) is 0 Å². The highest BCUT2D eigenvalue weighted by Crippen LogP contribution is 2.12. The summed E-state index contributed by atoms with van der Waals surface area (Å²) in [7, 11) is 0.650. The molecule has 2 saturated heterocycles. The lowest BCUT2D eigenvalue weighted by molar-refractivity contribution is 0.102. The van der Waals surface area contributed by atoms with Crippen molar-refractivity contribution in [2.45, 2.75) is 38.3 Å². The Kier molecular flexibility index (Phi) is 5.92. The topological polar surface area (TPSA) is 43.5 Å². The first kappa shape index (κ1) is 14.1. The molecule has 0 N–H and O–H groups in total. The van der Waals surface area contributed by atoms with Crippen LogP contribution in [0.3, 0.4) is 0 Å². The molecule has 4 nitrogen and oxygen atoms in total. The number of epoxide rings is 2. The van der Waals surface area contributed by atoms with Gasteiger partial charge in [-0.1, -0.05) is 6.92 Å². The molecule has 0 aromatic rings. The quantitative estimate of drug-likeness (QED) is 0.529. The average molecular weight is 248 g/mol. The minimum absolute atomic E-state index is 0.392. The van der Waals surface area contributed by atoms with Gasteiger partial charge in [0.1, 0.15) is 12.2 Å². The van der Waals surface area contributed by atoms with E-state index in [0.29, 0.717) is 12.2 Å². The predicted octanol–water partition coefficient (Wildman–Crippen LogP) is 1.66. The Hall–Kier alpha value is 0.0569. The second-order valence-electron chi connectivity index (χ2n) is 4.77. The first-order valence-electron chi connectivity index (χ1n) is 5.93. The van der Waals surface area contributed by atoms with Crippen molar-refractivity contribution >= 4 is 8.32 Å². The fourth-order valence-corrected chi connectivity index (χ4v) is 1.09. The van der Waals surface area contributed by atoms with Crippen LogP contribution in [0.5, 0.6) is 0 Å². The van der Waals surface area contributed by atoms with Crippen molar-refractivity contribution in [3.63, 3.8) is 0 Å². The first-order valence-corrected chi connectivity index (χ1v) is 9.05. The molecule has 0 amide bonds. The van der Waals surface area contributed by atoms with Crippen LogP contribution in [0.15, 0.2) is 0 Å². The van der Waals surface area contributed by atoms with Crippen molar-refractivity contribution in [2.24, 2.45) is 0 Å². The van der Waals surface area contributed by atoms with E-state index < -0.39 is 8.32 Å². The van der Waals surface area contributed by atoms with E-state index in [-0.39, 0.29) is 0 Å². The summed E-state index contributed by atoms with van der Waals surface area (Å²) in [5.74, 6) is 0. The normalized spacial score (nSPS) is 27.0. The molecule has 0 aliphatic carbocycles. The maximum absolute atomic E-state index is 5.23. The summed E-state index contributed by atoms with van der Waals surface area (Å²) in [6, 6.07) is 1.21. The Labute approximate surface area is 99.3 Å². The molecule has 2 unspecified atom stereocenters. The molecular weight excluding hydrogens is 224 g/mol. The summed E-state index contributed by atoms with van der Waals surface area (Å²) in [5, 5.41) is 0. The average Bonchev–Trinajstić information content (AvgIpc) is 3.13. The number of rotatable bonds is 6. The lowest BCUT2D eigenvalue weighted by atomic mass is 10.5. The van der Waals surface area contributed by atoms with Crippen LogP contribution in [-0.4, -0.2) is 54.1 Å². The summed E-state index contributed by atoms with van der Waals surface area (Å²) in [4.78, 5) is 0. The standard InChI is InChI=1S/C6H10O3.C5H14OSi/c1(5-3-8-5)7-2-6-4-9-6;1-5-7(3,4)6-2/h5-6H,1-4H2;5H2,1-4H3. The molecule has 2 heterocycles. The zero-order valence-electron chi connectivity index (χ0n) is 10.8. The molecule has 2 rings (SSSR count). The summed E-state index contributed by atoms with van der Waals surface area (Å²) in [5.41, 5.74) is 0. The van der Waals surface area contributed by atoms with Gasteiger partial charge in [0.05, 0.1) is 26.4 Å². The van der Waals surface area contributed by atoms with E-state index in [2.05, 4.69) is 20.0 Å². The smallest absolute Gasteiger partial charge is 0.185 e. The SMILES string of the molecule is C(OCC1CO1)C1CO1.CC[Si](C)(C)OC. The van der Waals surface area contributed by atoms with E-state index in [1.807, 2.05) is 0 Å². The van der Waals surface area contributed by atoms with Crippen molar-refractivity contribution in [3.05, 3.63) is 0 Å². The zero-order valence-corrected chi connectivity index (χ0v) is 11.8. The van der Waals surface area contributed by atoms with E-state index >= 15 is 0 Å². The Morgan fingerprint density at radius 3 is 1.75 bits per heavy atom. The van der Waals surface area contributed by atoms with Crippen molar-refractivity contribution in [2.75, 3.05) is 33.5 Å². The van der Waals surface area contributed by atoms with Crippen molar-refractivity contribution in [1.82, 2.24) is 0 Å². The zero-order chi connectivity index (χ0) is 12.0. The van der Waals surface area contributed by atoms with Gasteiger partial charge in [-0.2, -0.15) is 0 Å². The van der Waals surface area contributed by atoms with Gasteiger partial charge in [0.25, 0.3) is 0 Å². The molecule has 2 fully saturated rings.